The van der Waals surface area contributed by atoms with Gasteiger partial charge in [0.25, 0.3) is 10.0 Å². The standard InChI is InChI=1S/C13H15FN4O3S2/c1-3-11(19)15-12-16-17-13(22-12)23(20,21)18-8(2)9-4-6-10(14)7-5-9/h4-8,18H,3H2,1-2H3,(H,15,16,19)/t8-/m1/s1. The second-order valence-electron chi connectivity index (χ2n) is 4.67. The van der Waals surface area contributed by atoms with Gasteiger partial charge in [-0.15, -0.1) is 10.2 Å². The number of carbonyl (C=O) groups is 1. The molecular formula is C13H15FN4O3S2. The molecule has 2 rings (SSSR count). The number of rotatable bonds is 6. The van der Waals surface area contributed by atoms with E-state index < -0.39 is 21.9 Å². The van der Waals surface area contributed by atoms with Crippen LogP contribution in [0, 0.1) is 5.82 Å². The van der Waals surface area contributed by atoms with Crippen molar-refractivity contribution in [3.63, 3.8) is 0 Å². The Labute approximate surface area is 137 Å². The van der Waals surface area contributed by atoms with Crippen LogP contribution in [0.5, 0.6) is 0 Å². The number of anilines is 1. The highest BCUT2D eigenvalue weighted by Gasteiger charge is 2.23. The number of nitrogens with zero attached hydrogens (tertiary/aromatic N) is 2. The molecule has 0 bridgehead atoms. The first-order valence-electron chi connectivity index (χ1n) is 6.73. The van der Waals surface area contributed by atoms with E-state index in [4.69, 9.17) is 0 Å². The molecule has 0 saturated carbocycles. The van der Waals surface area contributed by atoms with Crippen LogP contribution in [0.4, 0.5) is 9.52 Å². The minimum absolute atomic E-state index is 0.117. The maximum atomic E-state index is 12.9. The molecule has 1 amide bonds. The maximum Gasteiger partial charge on any atom is 0.270 e. The summed E-state index contributed by atoms with van der Waals surface area (Å²) in [5, 5.41) is 9.77. The lowest BCUT2D eigenvalue weighted by Gasteiger charge is -2.12. The summed E-state index contributed by atoms with van der Waals surface area (Å²) in [6.07, 6.45) is 0.252. The lowest BCUT2D eigenvalue weighted by molar-refractivity contribution is -0.115. The molecule has 2 aromatic rings. The number of nitrogens with one attached hydrogen (secondary N) is 2. The Morgan fingerprint density at radius 2 is 1.96 bits per heavy atom. The Kier molecular flexibility index (Phi) is 5.39. The SMILES string of the molecule is CCC(=O)Nc1nnc(S(=O)(=O)N[C@H](C)c2ccc(F)cc2)s1. The summed E-state index contributed by atoms with van der Waals surface area (Å²) in [6.45, 7) is 3.30. The van der Waals surface area contributed by atoms with Crippen LogP contribution in [-0.4, -0.2) is 24.5 Å². The molecule has 1 atom stereocenters. The third-order valence-electron chi connectivity index (χ3n) is 2.91. The molecule has 0 aliphatic rings. The molecular weight excluding hydrogens is 343 g/mol. The summed E-state index contributed by atoms with van der Waals surface area (Å²) in [7, 11) is -3.89. The fourth-order valence-corrected chi connectivity index (χ4v) is 3.84. The van der Waals surface area contributed by atoms with E-state index >= 15 is 0 Å². The summed E-state index contributed by atoms with van der Waals surface area (Å²) in [5.41, 5.74) is 0.610. The minimum atomic E-state index is -3.89. The summed E-state index contributed by atoms with van der Waals surface area (Å²) >= 11 is 0.759. The first-order valence-corrected chi connectivity index (χ1v) is 9.03. The van der Waals surface area contributed by atoms with Crippen LogP contribution in [0.15, 0.2) is 28.6 Å². The predicted molar refractivity (Wildman–Crippen MR) is 84.0 cm³/mol. The number of benzene rings is 1. The third kappa shape index (κ3) is 4.53. The molecule has 0 saturated heterocycles. The molecule has 0 unspecified atom stereocenters. The summed E-state index contributed by atoms with van der Waals surface area (Å²) < 4.78 is 39.6. The van der Waals surface area contributed by atoms with Gasteiger partial charge in [-0.1, -0.05) is 30.4 Å². The van der Waals surface area contributed by atoms with Crippen LogP contribution in [-0.2, 0) is 14.8 Å². The van der Waals surface area contributed by atoms with E-state index in [1.165, 1.54) is 24.3 Å². The van der Waals surface area contributed by atoms with Crippen molar-refractivity contribution in [3.8, 4) is 0 Å². The van der Waals surface area contributed by atoms with Gasteiger partial charge in [0.1, 0.15) is 5.82 Å². The van der Waals surface area contributed by atoms with Gasteiger partial charge in [-0.3, -0.25) is 4.79 Å². The van der Waals surface area contributed by atoms with Crippen molar-refractivity contribution in [1.29, 1.82) is 0 Å². The highest BCUT2D eigenvalue weighted by molar-refractivity contribution is 7.91. The average molecular weight is 358 g/mol. The van der Waals surface area contributed by atoms with E-state index in [2.05, 4.69) is 20.2 Å². The Balaban J connectivity index is 2.12. The zero-order valence-corrected chi connectivity index (χ0v) is 14.0. The zero-order chi connectivity index (χ0) is 17.0. The van der Waals surface area contributed by atoms with Gasteiger partial charge in [-0.05, 0) is 24.6 Å². The molecule has 0 aliphatic heterocycles. The quantitative estimate of drug-likeness (QED) is 0.770. The molecule has 10 heteroatoms. The van der Waals surface area contributed by atoms with Crippen molar-refractivity contribution >= 4 is 32.4 Å². The third-order valence-corrected chi connectivity index (χ3v) is 5.65. The molecule has 0 radical (unpaired) electrons. The van der Waals surface area contributed by atoms with Crippen LogP contribution >= 0.6 is 11.3 Å². The lowest BCUT2D eigenvalue weighted by atomic mass is 10.1. The number of hydrogen-bond donors (Lipinski definition) is 2. The van der Waals surface area contributed by atoms with E-state index in [-0.39, 0.29) is 21.8 Å². The van der Waals surface area contributed by atoms with Crippen molar-refractivity contribution in [2.45, 2.75) is 30.6 Å². The fraction of sp³-hybridized carbons (Fsp3) is 0.308. The molecule has 124 valence electrons. The maximum absolute atomic E-state index is 12.9. The largest absolute Gasteiger partial charge is 0.301 e. The summed E-state index contributed by atoms with van der Waals surface area (Å²) in [5.74, 6) is -0.679. The van der Waals surface area contributed by atoms with Crippen LogP contribution in [0.2, 0.25) is 0 Å². The molecule has 2 N–H and O–H groups in total. The highest BCUT2D eigenvalue weighted by Crippen LogP contribution is 2.22. The van der Waals surface area contributed by atoms with Gasteiger partial charge >= 0.3 is 0 Å². The Bertz CT molecular complexity index is 790. The molecule has 0 spiro atoms. The van der Waals surface area contributed by atoms with Gasteiger partial charge in [-0.25, -0.2) is 17.5 Å². The number of carbonyl (C=O) groups excluding carboxylic acids is 1. The lowest BCUT2D eigenvalue weighted by Crippen LogP contribution is -2.26. The smallest absolute Gasteiger partial charge is 0.270 e. The molecule has 1 aromatic carbocycles. The van der Waals surface area contributed by atoms with Crippen molar-refractivity contribution in [2.24, 2.45) is 0 Å². The first kappa shape index (κ1) is 17.4. The molecule has 7 nitrogen and oxygen atoms in total. The fourth-order valence-electron chi connectivity index (χ4n) is 1.68. The second-order valence-corrected chi connectivity index (χ2v) is 7.53. The number of hydrogen-bond acceptors (Lipinski definition) is 6. The Morgan fingerprint density at radius 1 is 1.30 bits per heavy atom. The van der Waals surface area contributed by atoms with E-state index in [0.29, 0.717) is 5.56 Å². The summed E-state index contributed by atoms with van der Waals surface area (Å²) in [4.78, 5) is 11.3. The van der Waals surface area contributed by atoms with Crippen LogP contribution in [0.1, 0.15) is 31.9 Å². The average Bonchev–Trinajstić information content (AvgIpc) is 2.96. The van der Waals surface area contributed by atoms with Gasteiger partial charge in [0.2, 0.25) is 15.4 Å². The number of sulfonamides is 1. The van der Waals surface area contributed by atoms with Crippen molar-refractivity contribution in [2.75, 3.05) is 5.32 Å². The van der Waals surface area contributed by atoms with Crippen LogP contribution < -0.4 is 10.0 Å². The second kappa shape index (κ2) is 7.11. The van der Waals surface area contributed by atoms with E-state index in [1.54, 1.807) is 13.8 Å². The van der Waals surface area contributed by atoms with Crippen molar-refractivity contribution in [3.05, 3.63) is 35.6 Å². The minimum Gasteiger partial charge on any atom is -0.301 e. The van der Waals surface area contributed by atoms with Gasteiger partial charge in [0.15, 0.2) is 0 Å². The number of amides is 1. The summed E-state index contributed by atoms with van der Waals surface area (Å²) in [6, 6.07) is 4.93. The molecule has 1 heterocycles. The van der Waals surface area contributed by atoms with Crippen LogP contribution in [0.25, 0.3) is 0 Å². The monoisotopic (exact) mass is 358 g/mol. The molecule has 0 aliphatic carbocycles. The molecule has 23 heavy (non-hydrogen) atoms. The Morgan fingerprint density at radius 3 is 2.57 bits per heavy atom. The molecule has 1 aromatic heterocycles. The van der Waals surface area contributed by atoms with E-state index in [1.807, 2.05) is 0 Å². The Hall–Kier alpha value is -1.91. The number of halogens is 1. The molecule has 0 fully saturated rings. The van der Waals surface area contributed by atoms with Crippen molar-refractivity contribution < 1.29 is 17.6 Å². The highest BCUT2D eigenvalue weighted by atomic mass is 32.2. The predicted octanol–water partition coefficient (Wildman–Crippen LogP) is 2.07. The van der Waals surface area contributed by atoms with E-state index in [9.17, 15) is 17.6 Å². The first-order chi connectivity index (χ1) is 10.8. The van der Waals surface area contributed by atoms with Crippen LogP contribution in [0.3, 0.4) is 0 Å². The number of aromatic nitrogens is 2. The topological polar surface area (TPSA) is 101 Å². The van der Waals surface area contributed by atoms with Gasteiger partial charge in [0, 0.05) is 12.5 Å². The van der Waals surface area contributed by atoms with Gasteiger partial charge < -0.3 is 5.32 Å². The normalized spacial score (nSPS) is 12.8. The van der Waals surface area contributed by atoms with E-state index in [0.717, 1.165) is 11.3 Å². The van der Waals surface area contributed by atoms with Crippen molar-refractivity contribution in [1.82, 2.24) is 14.9 Å². The zero-order valence-electron chi connectivity index (χ0n) is 12.4. The van der Waals surface area contributed by atoms with Gasteiger partial charge in [-0.2, -0.15) is 0 Å². The van der Waals surface area contributed by atoms with Gasteiger partial charge in [0.05, 0.1) is 0 Å².